The molecule has 0 spiro atoms. The number of aromatic nitrogens is 2. The van der Waals surface area contributed by atoms with Gasteiger partial charge in [-0.25, -0.2) is 14.3 Å². The molecule has 2 aromatic rings. The number of nitrogens with zero attached hydrogens (tertiary/aromatic N) is 2. The van der Waals surface area contributed by atoms with E-state index in [1.807, 2.05) is 0 Å². The Morgan fingerprint density at radius 2 is 1.97 bits per heavy atom. The summed E-state index contributed by atoms with van der Waals surface area (Å²) in [6.45, 7) is 5.50. The van der Waals surface area contributed by atoms with Crippen molar-refractivity contribution < 1.29 is 28.9 Å². The quantitative estimate of drug-likeness (QED) is 0.555. The van der Waals surface area contributed by atoms with E-state index < -0.39 is 18.2 Å². The lowest BCUT2D eigenvalue weighted by Crippen LogP contribution is -2.23. The standard InChI is InChI=1S/C20H23Cl2N3O6/c1-5-23-20(28)29-8-6-7-13-11(2)24-25(4)18(13)31-17-10-16(14(21)9-15(17)22)30-12(3)19(26)27/h6-7,9-10,12H,5,8H2,1-4H3,(H,23,28)(H,26,27)/t12-/m0/s1. The summed E-state index contributed by atoms with van der Waals surface area (Å²) in [5.74, 6) is -0.455. The van der Waals surface area contributed by atoms with Crippen molar-refractivity contribution in [1.82, 2.24) is 15.1 Å². The second-order valence-corrected chi connectivity index (χ2v) is 7.19. The summed E-state index contributed by atoms with van der Waals surface area (Å²) in [6.07, 6.45) is 1.74. The number of carboxylic acid groups (broad SMARTS) is 1. The van der Waals surface area contributed by atoms with E-state index in [-0.39, 0.29) is 28.2 Å². The van der Waals surface area contributed by atoms with Crippen LogP contribution in [0.5, 0.6) is 17.4 Å². The van der Waals surface area contributed by atoms with Crippen LogP contribution in [0.2, 0.25) is 10.0 Å². The maximum Gasteiger partial charge on any atom is 0.407 e. The number of hydrogen-bond donors (Lipinski definition) is 2. The first-order valence-electron chi connectivity index (χ1n) is 9.31. The number of hydrogen-bond acceptors (Lipinski definition) is 6. The Hall–Kier alpha value is -2.91. The number of aryl methyl sites for hydroxylation is 2. The summed E-state index contributed by atoms with van der Waals surface area (Å²) < 4.78 is 17.9. The van der Waals surface area contributed by atoms with Crippen LogP contribution in [0, 0.1) is 6.92 Å². The van der Waals surface area contributed by atoms with Crippen LogP contribution in [0.25, 0.3) is 6.08 Å². The van der Waals surface area contributed by atoms with Gasteiger partial charge in [-0.15, -0.1) is 0 Å². The van der Waals surface area contributed by atoms with Crippen LogP contribution in [0.3, 0.4) is 0 Å². The molecule has 0 saturated carbocycles. The highest BCUT2D eigenvalue weighted by molar-refractivity contribution is 6.36. The highest BCUT2D eigenvalue weighted by Gasteiger charge is 2.19. The third-order valence-corrected chi connectivity index (χ3v) is 4.57. The Labute approximate surface area is 189 Å². The molecule has 1 amide bonds. The van der Waals surface area contributed by atoms with Gasteiger partial charge < -0.3 is 24.6 Å². The Bertz CT molecular complexity index is 990. The van der Waals surface area contributed by atoms with E-state index in [1.54, 1.807) is 33.0 Å². The molecule has 1 atom stereocenters. The number of alkyl carbamates (subject to hydrolysis) is 1. The predicted octanol–water partition coefficient (Wildman–Crippen LogP) is 4.44. The van der Waals surface area contributed by atoms with E-state index in [0.717, 1.165) is 0 Å². The molecule has 168 valence electrons. The van der Waals surface area contributed by atoms with Crippen molar-refractivity contribution in [2.75, 3.05) is 13.2 Å². The molecule has 0 aliphatic rings. The minimum Gasteiger partial charge on any atom is -0.479 e. The van der Waals surface area contributed by atoms with Gasteiger partial charge in [0.25, 0.3) is 0 Å². The predicted molar refractivity (Wildman–Crippen MR) is 116 cm³/mol. The van der Waals surface area contributed by atoms with Gasteiger partial charge in [0.05, 0.1) is 21.3 Å². The van der Waals surface area contributed by atoms with Gasteiger partial charge in [-0.3, -0.25) is 0 Å². The molecule has 0 aliphatic heterocycles. The maximum atomic E-state index is 11.4. The highest BCUT2D eigenvalue weighted by Crippen LogP contribution is 2.39. The van der Waals surface area contributed by atoms with Gasteiger partial charge in [-0.2, -0.15) is 5.10 Å². The largest absolute Gasteiger partial charge is 0.479 e. The van der Waals surface area contributed by atoms with Crippen LogP contribution < -0.4 is 14.8 Å². The monoisotopic (exact) mass is 471 g/mol. The van der Waals surface area contributed by atoms with Crippen molar-refractivity contribution in [3.8, 4) is 17.4 Å². The third-order valence-electron chi connectivity index (χ3n) is 3.97. The average molecular weight is 472 g/mol. The molecule has 2 N–H and O–H groups in total. The molecular weight excluding hydrogens is 449 g/mol. The Kier molecular flexibility index (Phi) is 8.58. The number of benzene rings is 1. The first-order chi connectivity index (χ1) is 14.6. The van der Waals surface area contributed by atoms with E-state index in [2.05, 4.69) is 10.4 Å². The average Bonchev–Trinajstić information content (AvgIpc) is 2.95. The fraction of sp³-hybridized carbons (Fsp3) is 0.350. The summed E-state index contributed by atoms with van der Waals surface area (Å²) >= 11 is 12.4. The number of aliphatic carboxylic acids is 1. The summed E-state index contributed by atoms with van der Waals surface area (Å²) in [7, 11) is 1.69. The molecule has 0 saturated heterocycles. The number of amides is 1. The van der Waals surface area contributed by atoms with Gasteiger partial charge in [0.1, 0.15) is 12.4 Å². The molecule has 0 radical (unpaired) electrons. The van der Waals surface area contributed by atoms with E-state index >= 15 is 0 Å². The minimum absolute atomic E-state index is 0.0619. The van der Waals surface area contributed by atoms with Crippen LogP contribution in [0.4, 0.5) is 4.79 Å². The van der Waals surface area contributed by atoms with Crippen LogP contribution in [0.15, 0.2) is 18.2 Å². The van der Waals surface area contributed by atoms with Crippen molar-refractivity contribution in [3.05, 3.63) is 39.5 Å². The zero-order valence-electron chi connectivity index (χ0n) is 17.4. The molecule has 0 fully saturated rings. The fourth-order valence-electron chi connectivity index (χ4n) is 2.48. The van der Waals surface area contributed by atoms with Crippen LogP contribution in [-0.4, -0.2) is 46.2 Å². The second-order valence-electron chi connectivity index (χ2n) is 6.37. The molecule has 1 aromatic heterocycles. The number of carbonyl (C=O) groups excluding carboxylic acids is 1. The molecule has 2 rings (SSSR count). The summed E-state index contributed by atoms with van der Waals surface area (Å²) in [5, 5.41) is 16.3. The summed E-state index contributed by atoms with van der Waals surface area (Å²) in [6, 6.07) is 2.82. The first kappa shape index (κ1) is 24.4. The maximum absolute atomic E-state index is 11.4. The summed E-state index contributed by atoms with van der Waals surface area (Å²) in [4.78, 5) is 22.4. The lowest BCUT2D eigenvalue weighted by atomic mass is 10.2. The summed E-state index contributed by atoms with van der Waals surface area (Å²) in [5.41, 5.74) is 1.32. The number of halogens is 2. The molecular formula is C20H23Cl2N3O6. The van der Waals surface area contributed by atoms with E-state index in [1.165, 1.54) is 23.7 Å². The highest BCUT2D eigenvalue weighted by atomic mass is 35.5. The van der Waals surface area contributed by atoms with Crippen molar-refractivity contribution >= 4 is 41.3 Å². The van der Waals surface area contributed by atoms with Crippen molar-refractivity contribution in [3.63, 3.8) is 0 Å². The van der Waals surface area contributed by atoms with Crippen molar-refractivity contribution in [2.24, 2.45) is 7.05 Å². The molecule has 0 aliphatic carbocycles. The Morgan fingerprint density at radius 3 is 2.61 bits per heavy atom. The molecule has 1 aromatic carbocycles. The zero-order chi connectivity index (χ0) is 23.1. The zero-order valence-corrected chi connectivity index (χ0v) is 19.0. The normalized spacial score (nSPS) is 11.9. The molecule has 0 unspecified atom stereocenters. The SMILES string of the molecule is CCNC(=O)OCC=Cc1c(C)nn(C)c1Oc1cc(O[C@@H](C)C(=O)O)c(Cl)cc1Cl. The Balaban J connectivity index is 2.26. The second kappa shape index (κ2) is 10.9. The molecule has 11 heteroatoms. The van der Waals surface area contributed by atoms with Crippen molar-refractivity contribution in [2.45, 2.75) is 26.9 Å². The van der Waals surface area contributed by atoms with Gasteiger partial charge in [0.15, 0.2) is 11.9 Å². The van der Waals surface area contributed by atoms with Crippen molar-refractivity contribution in [1.29, 1.82) is 0 Å². The minimum atomic E-state index is -1.14. The number of rotatable bonds is 9. The topological polar surface area (TPSA) is 112 Å². The number of ether oxygens (including phenoxy) is 3. The van der Waals surface area contributed by atoms with E-state index in [4.69, 9.17) is 42.5 Å². The lowest BCUT2D eigenvalue weighted by Gasteiger charge is -2.15. The van der Waals surface area contributed by atoms with Crippen LogP contribution in [0.1, 0.15) is 25.1 Å². The first-order valence-corrected chi connectivity index (χ1v) is 10.1. The van der Waals surface area contributed by atoms with Crippen LogP contribution >= 0.6 is 23.2 Å². The smallest absolute Gasteiger partial charge is 0.407 e. The van der Waals surface area contributed by atoms with Gasteiger partial charge >= 0.3 is 12.1 Å². The molecule has 9 nitrogen and oxygen atoms in total. The lowest BCUT2D eigenvalue weighted by molar-refractivity contribution is -0.144. The molecule has 1 heterocycles. The molecule has 0 bridgehead atoms. The fourth-order valence-corrected chi connectivity index (χ4v) is 2.94. The number of carboxylic acids is 1. The van der Waals surface area contributed by atoms with Gasteiger partial charge in [-0.05, 0) is 39.0 Å². The van der Waals surface area contributed by atoms with Gasteiger partial charge in [0, 0.05) is 19.7 Å². The number of nitrogens with one attached hydrogen (secondary N) is 1. The molecule has 31 heavy (non-hydrogen) atoms. The van der Waals surface area contributed by atoms with E-state index in [0.29, 0.717) is 23.7 Å². The van der Waals surface area contributed by atoms with Crippen LogP contribution in [-0.2, 0) is 16.6 Å². The third kappa shape index (κ3) is 6.53. The van der Waals surface area contributed by atoms with Gasteiger partial charge in [0.2, 0.25) is 5.88 Å². The van der Waals surface area contributed by atoms with E-state index in [9.17, 15) is 9.59 Å². The van der Waals surface area contributed by atoms with Gasteiger partial charge in [-0.1, -0.05) is 23.2 Å². The Morgan fingerprint density at radius 1 is 1.29 bits per heavy atom. The number of carbonyl (C=O) groups is 2.